The number of hydrogen-bond donors (Lipinski definition) is 0. The van der Waals surface area contributed by atoms with Crippen LogP contribution in [0.2, 0.25) is 0 Å². The van der Waals surface area contributed by atoms with Gasteiger partial charge in [-0.2, -0.15) is 0 Å². The fourth-order valence-corrected chi connectivity index (χ4v) is 5.64. The molecule has 1 aliphatic heterocycles. The smallest absolute Gasteiger partial charge is 0.113 e. The molecule has 1 aromatic rings. The second kappa shape index (κ2) is 12.3. The number of nitrogens with zero attached hydrogens (tertiary/aromatic N) is 1. The van der Waals surface area contributed by atoms with Crippen LogP contribution in [0.1, 0.15) is 113 Å². The summed E-state index contributed by atoms with van der Waals surface area (Å²) in [5, 5.41) is 0. The Morgan fingerprint density at radius 3 is 1.89 bits per heavy atom. The number of benzene rings is 1. The Morgan fingerprint density at radius 2 is 1.47 bits per heavy atom. The van der Waals surface area contributed by atoms with Gasteiger partial charge in [0.15, 0.2) is 0 Å². The molecule has 1 aliphatic rings. The van der Waals surface area contributed by atoms with E-state index in [-0.39, 0.29) is 16.5 Å². The Bertz CT molecular complexity index is 806. The molecule has 0 bridgehead atoms. The average Bonchev–Trinajstić information content (AvgIpc) is 2.94. The molecule has 0 aromatic heterocycles. The van der Waals surface area contributed by atoms with Crippen molar-refractivity contribution in [1.82, 2.24) is 4.90 Å². The first-order chi connectivity index (χ1) is 16.3. The number of likely N-dealkylation sites (tertiary alicyclic amines) is 1. The lowest BCUT2D eigenvalue weighted by Crippen LogP contribution is -2.47. The monoisotopic (exact) mass is 497 g/mol. The van der Waals surface area contributed by atoms with Crippen molar-refractivity contribution in [3.8, 4) is 0 Å². The van der Waals surface area contributed by atoms with Crippen molar-refractivity contribution in [1.29, 1.82) is 0 Å². The van der Waals surface area contributed by atoms with E-state index >= 15 is 0 Å². The highest BCUT2D eigenvalue weighted by Crippen LogP contribution is 2.47. The Kier molecular flexibility index (Phi) is 11.1. The van der Waals surface area contributed by atoms with E-state index in [0.717, 1.165) is 25.0 Å². The number of ether oxygens (including phenoxy) is 1. The summed E-state index contributed by atoms with van der Waals surface area (Å²) in [6.07, 6.45) is 4.34. The molecule has 0 saturated carbocycles. The molecule has 0 N–H and O–H groups in total. The molecule has 0 radical (unpaired) electrons. The summed E-state index contributed by atoms with van der Waals surface area (Å²) in [5.74, 6) is 1.78. The first-order valence-corrected chi connectivity index (χ1v) is 14.2. The molecule has 1 heterocycles. The van der Waals surface area contributed by atoms with Crippen molar-refractivity contribution in [3.05, 3.63) is 59.9 Å². The number of allylic oxidation sites excluding steroid dienone is 1. The lowest BCUT2D eigenvalue weighted by atomic mass is 9.68. The third-order valence-electron chi connectivity index (χ3n) is 8.25. The first kappa shape index (κ1) is 32.5. The highest BCUT2D eigenvalue weighted by Gasteiger charge is 2.50. The minimum absolute atomic E-state index is 0.0464. The van der Waals surface area contributed by atoms with Gasteiger partial charge in [0, 0.05) is 17.0 Å². The second-order valence-electron chi connectivity index (χ2n) is 14.2. The third-order valence-corrected chi connectivity index (χ3v) is 8.25. The standard InChI is InChI=1S/C32H53NO.C2H6/c1-23(27(30(6,7)8)20-29(3,4)5)14-15-25-16-18-26(19-17-25)22-34-24(2)28-21-31(9,10)33(13)32(28,11)12;1-2/h16-19,27-28H,1-2,14-15,20-22H2,3-13H3;1-2H3. The van der Waals surface area contributed by atoms with E-state index in [9.17, 15) is 0 Å². The summed E-state index contributed by atoms with van der Waals surface area (Å²) in [4.78, 5) is 2.47. The molecule has 0 aliphatic carbocycles. The minimum atomic E-state index is 0.0464. The number of rotatable bonds is 9. The van der Waals surface area contributed by atoms with E-state index in [1.165, 1.54) is 23.1 Å². The predicted octanol–water partition coefficient (Wildman–Crippen LogP) is 9.84. The van der Waals surface area contributed by atoms with Crippen LogP contribution in [0.25, 0.3) is 0 Å². The summed E-state index contributed by atoms with van der Waals surface area (Å²) in [6, 6.07) is 8.91. The Labute approximate surface area is 225 Å². The molecule has 2 unspecified atom stereocenters. The van der Waals surface area contributed by atoms with Crippen molar-refractivity contribution in [3.63, 3.8) is 0 Å². The van der Waals surface area contributed by atoms with Crippen LogP contribution in [0.3, 0.4) is 0 Å². The molecule has 1 fully saturated rings. The van der Waals surface area contributed by atoms with Crippen molar-refractivity contribution >= 4 is 0 Å². The van der Waals surface area contributed by atoms with Gasteiger partial charge in [-0.25, -0.2) is 0 Å². The highest BCUT2D eigenvalue weighted by atomic mass is 16.5. The Hall–Kier alpha value is -1.54. The molecule has 0 amide bonds. The maximum Gasteiger partial charge on any atom is 0.113 e. The van der Waals surface area contributed by atoms with Gasteiger partial charge in [-0.05, 0) is 88.3 Å². The molecule has 2 rings (SSSR count). The van der Waals surface area contributed by atoms with Crippen LogP contribution in [0.15, 0.2) is 48.8 Å². The van der Waals surface area contributed by atoms with Gasteiger partial charge in [0.25, 0.3) is 0 Å². The van der Waals surface area contributed by atoms with E-state index < -0.39 is 0 Å². The van der Waals surface area contributed by atoms with Crippen LogP contribution < -0.4 is 0 Å². The van der Waals surface area contributed by atoms with E-state index in [4.69, 9.17) is 4.74 Å². The average molecular weight is 498 g/mol. The van der Waals surface area contributed by atoms with Crippen molar-refractivity contribution in [2.24, 2.45) is 22.7 Å². The van der Waals surface area contributed by atoms with Crippen LogP contribution >= 0.6 is 0 Å². The zero-order chi connectivity index (χ0) is 28.1. The Balaban J connectivity index is 0.00000316. The van der Waals surface area contributed by atoms with Gasteiger partial charge in [0.05, 0.1) is 5.76 Å². The van der Waals surface area contributed by atoms with E-state index in [2.05, 4.69) is 119 Å². The second-order valence-corrected chi connectivity index (χ2v) is 14.2. The zero-order valence-electron chi connectivity index (χ0n) is 26.3. The van der Waals surface area contributed by atoms with Gasteiger partial charge in [0.2, 0.25) is 0 Å². The van der Waals surface area contributed by atoms with Crippen LogP contribution in [0, 0.1) is 22.7 Å². The SMILES string of the molecule is C=C(CCc1ccc(COC(=C)C2CC(C)(C)N(C)C2(C)C)cc1)C(CC(C)(C)C)C(C)(C)C.CC. The first-order valence-electron chi connectivity index (χ1n) is 14.2. The molecule has 2 heteroatoms. The molecule has 2 nitrogen and oxygen atoms in total. The Morgan fingerprint density at radius 1 is 0.972 bits per heavy atom. The lowest BCUT2D eigenvalue weighted by molar-refractivity contribution is 0.0842. The molecule has 206 valence electrons. The van der Waals surface area contributed by atoms with Crippen molar-refractivity contribution in [2.75, 3.05) is 7.05 Å². The topological polar surface area (TPSA) is 12.5 Å². The van der Waals surface area contributed by atoms with Crippen LogP contribution in [-0.2, 0) is 17.8 Å². The maximum absolute atomic E-state index is 6.21. The summed E-state index contributed by atoms with van der Waals surface area (Å²) < 4.78 is 6.21. The van der Waals surface area contributed by atoms with E-state index in [1.807, 2.05) is 13.8 Å². The maximum atomic E-state index is 6.21. The summed E-state index contributed by atoms with van der Waals surface area (Å²) in [6.45, 7) is 36.7. The summed E-state index contributed by atoms with van der Waals surface area (Å²) in [7, 11) is 2.22. The summed E-state index contributed by atoms with van der Waals surface area (Å²) >= 11 is 0. The fraction of sp³-hybridized carbons (Fsp3) is 0.706. The third kappa shape index (κ3) is 8.79. The quantitative estimate of drug-likeness (QED) is 0.248. The highest BCUT2D eigenvalue weighted by molar-refractivity contribution is 5.24. The normalized spacial score (nSPS) is 20.3. The fourth-order valence-electron chi connectivity index (χ4n) is 5.64. The van der Waals surface area contributed by atoms with Crippen molar-refractivity contribution < 1.29 is 4.74 Å². The molecule has 36 heavy (non-hydrogen) atoms. The van der Waals surface area contributed by atoms with Gasteiger partial charge in [-0.1, -0.05) is 98.4 Å². The molecular weight excluding hydrogens is 438 g/mol. The van der Waals surface area contributed by atoms with Crippen LogP contribution in [-0.4, -0.2) is 23.0 Å². The van der Waals surface area contributed by atoms with Crippen molar-refractivity contribution in [2.45, 2.75) is 126 Å². The van der Waals surface area contributed by atoms with Gasteiger partial charge in [0.1, 0.15) is 6.61 Å². The van der Waals surface area contributed by atoms with Gasteiger partial charge >= 0.3 is 0 Å². The van der Waals surface area contributed by atoms with Gasteiger partial charge in [-0.15, -0.1) is 0 Å². The zero-order valence-corrected chi connectivity index (χ0v) is 26.3. The summed E-state index contributed by atoms with van der Waals surface area (Å²) in [5.41, 5.74) is 4.71. The number of hydrogen-bond acceptors (Lipinski definition) is 2. The molecule has 2 atom stereocenters. The molecular formula is C34H59NO. The molecule has 1 saturated heterocycles. The van der Waals surface area contributed by atoms with Crippen LogP contribution in [0.5, 0.6) is 0 Å². The van der Waals surface area contributed by atoms with Gasteiger partial charge in [-0.3, -0.25) is 4.90 Å². The molecule has 1 aromatic carbocycles. The van der Waals surface area contributed by atoms with Crippen LogP contribution in [0.4, 0.5) is 0 Å². The number of aryl methyl sites for hydroxylation is 1. The minimum Gasteiger partial charge on any atom is -0.494 e. The largest absolute Gasteiger partial charge is 0.494 e. The van der Waals surface area contributed by atoms with E-state index in [1.54, 1.807) is 0 Å². The van der Waals surface area contributed by atoms with Gasteiger partial charge < -0.3 is 4.74 Å². The predicted molar refractivity (Wildman–Crippen MR) is 160 cm³/mol. The van der Waals surface area contributed by atoms with E-state index in [0.29, 0.717) is 23.9 Å². The molecule has 0 spiro atoms. The lowest BCUT2D eigenvalue weighted by Gasteiger charge is -2.38.